The highest BCUT2D eigenvalue weighted by Crippen LogP contribution is 2.32. The molecular formula is C14H28N2O2. The largest absolute Gasteiger partial charge is 0.465 e. The molecular weight excluding hydrogens is 228 g/mol. The molecule has 1 aliphatic rings. The van der Waals surface area contributed by atoms with E-state index in [2.05, 4.69) is 12.2 Å². The summed E-state index contributed by atoms with van der Waals surface area (Å²) in [5.74, 6) is 1.62. The van der Waals surface area contributed by atoms with Gasteiger partial charge in [0.25, 0.3) is 0 Å². The minimum atomic E-state index is -0.811. The highest BCUT2D eigenvalue weighted by Gasteiger charge is 2.21. The Hall–Kier alpha value is -0.770. The van der Waals surface area contributed by atoms with Crippen molar-refractivity contribution in [3.8, 4) is 0 Å². The molecule has 0 aromatic rings. The van der Waals surface area contributed by atoms with Gasteiger partial charge in [-0.15, -0.1) is 0 Å². The highest BCUT2D eigenvalue weighted by atomic mass is 16.4. The molecule has 1 rings (SSSR count). The van der Waals surface area contributed by atoms with E-state index in [4.69, 9.17) is 5.11 Å². The lowest BCUT2D eigenvalue weighted by Crippen LogP contribution is -2.28. The van der Waals surface area contributed by atoms with Gasteiger partial charge in [0.05, 0.1) is 0 Å². The van der Waals surface area contributed by atoms with Crippen molar-refractivity contribution in [1.29, 1.82) is 0 Å². The Kier molecular flexibility index (Phi) is 7.09. The lowest BCUT2D eigenvalue weighted by Gasteiger charge is -2.29. The van der Waals surface area contributed by atoms with Crippen LogP contribution in [-0.2, 0) is 0 Å². The summed E-state index contributed by atoms with van der Waals surface area (Å²) in [5.41, 5.74) is 0. The number of hydrogen-bond acceptors (Lipinski definition) is 2. The predicted octanol–water partition coefficient (Wildman–Crippen LogP) is 2.79. The van der Waals surface area contributed by atoms with Gasteiger partial charge in [-0.1, -0.05) is 32.6 Å². The van der Waals surface area contributed by atoms with Crippen molar-refractivity contribution in [2.24, 2.45) is 11.8 Å². The number of nitrogens with zero attached hydrogens (tertiary/aromatic N) is 1. The second-order valence-corrected chi connectivity index (χ2v) is 5.52. The third-order valence-electron chi connectivity index (χ3n) is 4.14. The summed E-state index contributed by atoms with van der Waals surface area (Å²) in [6.07, 6.45) is 6.74. The van der Waals surface area contributed by atoms with Gasteiger partial charge >= 0.3 is 6.09 Å². The van der Waals surface area contributed by atoms with Gasteiger partial charge in [-0.05, 0) is 37.8 Å². The number of amides is 1. The van der Waals surface area contributed by atoms with Gasteiger partial charge in [-0.3, -0.25) is 0 Å². The van der Waals surface area contributed by atoms with Gasteiger partial charge in [0, 0.05) is 13.6 Å². The third kappa shape index (κ3) is 5.71. The minimum Gasteiger partial charge on any atom is -0.465 e. The first-order valence-corrected chi connectivity index (χ1v) is 7.28. The van der Waals surface area contributed by atoms with E-state index in [1.807, 2.05) is 0 Å². The van der Waals surface area contributed by atoms with Crippen LogP contribution in [0, 0.1) is 11.8 Å². The van der Waals surface area contributed by atoms with Crippen molar-refractivity contribution in [1.82, 2.24) is 10.2 Å². The Labute approximate surface area is 111 Å². The molecule has 4 nitrogen and oxygen atoms in total. The molecule has 0 aliphatic heterocycles. The Morgan fingerprint density at radius 3 is 2.28 bits per heavy atom. The van der Waals surface area contributed by atoms with Crippen LogP contribution in [0.4, 0.5) is 4.79 Å². The number of carbonyl (C=O) groups is 1. The number of rotatable bonds is 7. The summed E-state index contributed by atoms with van der Waals surface area (Å²) in [4.78, 5) is 12.1. The van der Waals surface area contributed by atoms with Gasteiger partial charge in [-0.25, -0.2) is 4.79 Å². The van der Waals surface area contributed by atoms with Crippen LogP contribution in [0.5, 0.6) is 0 Å². The maximum Gasteiger partial charge on any atom is 0.407 e. The summed E-state index contributed by atoms with van der Waals surface area (Å²) in [6.45, 7) is 5.04. The Morgan fingerprint density at radius 2 is 1.78 bits per heavy atom. The van der Waals surface area contributed by atoms with Crippen molar-refractivity contribution >= 4 is 6.09 Å². The first kappa shape index (κ1) is 15.3. The lowest BCUT2D eigenvalue weighted by molar-refractivity contribution is 0.149. The fraction of sp³-hybridized carbons (Fsp3) is 0.929. The van der Waals surface area contributed by atoms with E-state index in [9.17, 15) is 4.79 Å². The average molecular weight is 256 g/mol. The summed E-state index contributed by atoms with van der Waals surface area (Å²) in [6, 6.07) is 0. The molecule has 0 aromatic carbocycles. The molecule has 106 valence electrons. The van der Waals surface area contributed by atoms with Crippen LogP contribution >= 0.6 is 0 Å². The van der Waals surface area contributed by atoms with E-state index in [-0.39, 0.29) is 0 Å². The Bertz CT molecular complexity index is 238. The van der Waals surface area contributed by atoms with Crippen LogP contribution in [0.15, 0.2) is 0 Å². The zero-order valence-electron chi connectivity index (χ0n) is 11.8. The van der Waals surface area contributed by atoms with Gasteiger partial charge < -0.3 is 15.3 Å². The van der Waals surface area contributed by atoms with Crippen molar-refractivity contribution in [3.63, 3.8) is 0 Å². The van der Waals surface area contributed by atoms with E-state index < -0.39 is 6.09 Å². The molecule has 0 unspecified atom stereocenters. The SMILES string of the molecule is CCNCCC1CCC(CCN(C)C(=O)O)CC1. The van der Waals surface area contributed by atoms with Crippen LogP contribution in [0.3, 0.4) is 0 Å². The van der Waals surface area contributed by atoms with Crippen LogP contribution in [0.25, 0.3) is 0 Å². The molecule has 0 radical (unpaired) electrons. The molecule has 0 bridgehead atoms. The minimum absolute atomic E-state index is 0.683. The van der Waals surface area contributed by atoms with E-state index in [1.54, 1.807) is 7.05 Å². The fourth-order valence-electron chi connectivity index (χ4n) is 2.76. The van der Waals surface area contributed by atoms with Crippen LogP contribution in [-0.4, -0.2) is 42.8 Å². The lowest BCUT2D eigenvalue weighted by atomic mass is 9.79. The average Bonchev–Trinajstić information content (AvgIpc) is 2.37. The molecule has 0 spiro atoms. The van der Waals surface area contributed by atoms with Gasteiger partial charge in [0.1, 0.15) is 0 Å². The van der Waals surface area contributed by atoms with Crippen LogP contribution in [0.2, 0.25) is 0 Å². The Morgan fingerprint density at radius 1 is 1.22 bits per heavy atom. The highest BCUT2D eigenvalue weighted by molar-refractivity contribution is 5.64. The molecule has 4 heteroatoms. The molecule has 1 amide bonds. The fourth-order valence-corrected chi connectivity index (χ4v) is 2.76. The third-order valence-corrected chi connectivity index (χ3v) is 4.14. The number of carboxylic acid groups (broad SMARTS) is 1. The molecule has 1 saturated carbocycles. The van der Waals surface area contributed by atoms with Crippen molar-refractivity contribution in [2.45, 2.75) is 45.4 Å². The maximum atomic E-state index is 10.7. The second kappa shape index (κ2) is 8.35. The smallest absolute Gasteiger partial charge is 0.407 e. The van der Waals surface area contributed by atoms with Crippen molar-refractivity contribution < 1.29 is 9.90 Å². The van der Waals surface area contributed by atoms with Crippen molar-refractivity contribution in [3.05, 3.63) is 0 Å². The first-order valence-electron chi connectivity index (χ1n) is 7.28. The molecule has 0 saturated heterocycles. The number of hydrogen-bond donors (Lipinski definition) is 2. The monoisotopic (exact) mass is 256 g/mol. The van der Waals surface area contributed by atoms with Crippen molar-refractivity contribution in [2.75, 3.05) is 26.7 Å². The molecule has 0 atom stereocenters. The summed E-state index contributed by atoms with van der Waals surface area (Å²) < 4.78 is 0. The van der Waals surface area contributed by atoms with Gasteiger partial charge in [0.2, 0.25) is 0 Å². The van der Waals surface area contributed by atoms with Crippen LogP contribution in [0.1, 0.15) is 45.4 Å². The summed E-state index contributed by atoms with van der Waals surface area (Å²) in [7, 11) is 1.66. The number of nitrogens with one attached hydrogen (secondary N) is 1. The normalized spacial score (nSPS) is 23.9. The molecule has 1 fully saturated rings. The van der Waals surface area contributed by atoms with E-state index in [1.165, 1.54) is 37.0 Å². The molecule has 0 aromatic heterocycles. The van der Waals surface area contributed by atoms with E-state index >= 15 is 0 Å². The zero-order chi connectivity index (χ0) is 13.4. The summed E-state index contributed by atoms with van der Waals surface area (Å²) >= 11 is 0. The summed E-state index contributed by atoms with van der Waals surface area (Å²) in [5, 5.41) is 12.2. The van der Waals surface area contributed by atoms with E-state index in [0.29, 0.717) is 6.54 Å². The first-order chi connectivity index (χ1) is 8.63. The van der Waals surface area contributed by atoms with Gasteiger partial charge in [-0.2, -0.15) is 0 Å². The molecule has 1 aliphatic carbocycles. The topological polar surface area (TPSA) is 52.6 Å². The maximum absolute atomic E-state index is 10.7. The standard InChI is InChI=1S/C14H28N2O2/c1-3-15-10-8-12-4-6-13(7-5-12)9-11-16(2)14(17)18/h12-13,15H,3-11H2,1-2H3,(H,17,18). The Balaban J connectivity index is 2.09. The van der Waals surface area contributed by atoms with Gasteiger partial charge in [0.15, 0.2) is 0 Å². The van der Waals surface area contributed by atoms with Crippen LogP contribution < -0.4 is 5.32 Å². The molecule has 18 heavy (non-hydrogen) atoms. The zero-order valence-corrected chi connectivity index (χ0v) is 11.8. The predicted molar refractivity (Wildman–Crippen MR) is 73.9 cm³/mol. The molecule has 2 N–H and O–H groups in total. The quantitative estimate of drug-likeness (QED) is 0.689. The molecule has 0 heterocycles. The van der Waals surface area contributed by atoms with E-state index in [0.717, 1.165) is 31.3 Å². The second-order valence-electron chi connectivity index (χ2n) is 5.52.